The van der Waals surface area contributed by atoms with Crippen LogP contribution in [0.5, 0.6) is 0 Å². The Morgan fingerprint density at radius 2 is 2.32 bits per heavy atom. The number of hydrogen-bond donors (Lipinski definition) is 2. The summed E-state index contributed by atoms with van der Waals surface area (Å²) in [4.78, 5) is 16.0. The van der Waals surface area contributed by atoms with E-state index < -0.39 is 0 Å². The minimum Gasteiger partial charge on any atom is -0.440 e. The Morgan fingerprint density at radius 3 is 3.05 bits per heavy atom. The molecule has 1 heterocycles. The predicted molar refractivity (Wildman–Crippen MR) is 70.9 cm³/mol. The minimum absolute atomic E-state index is 0.0283. The average molecular weight is 260 g/mol. The van der Waals surface area contributed by atoms with Crippen molar-refractivity contribution < 1.29 is 14.3 Å². The van der Waals surface area contributed by atoms with Gasteiger partial charge in [0.1, 0.15) is 5.52 Å². The number of carbonyl (C=O) groups excluding carboxylic acids is 1. The van der Waals surface area contributed by atoms with Gasteiger partial charge in [-0.25, -0.2) is 4.98 Å². The van der Waals surface area contributed by atoms with E-state index in [1.165, 1.54) is 0 Å². The number of anilines is 1. The normalized spacial score (nSPS) is 14.8. The number of aliphatic hydroxyl groups is 1. The summed E-state index contributed by atoms with van der Waals surface area (Å²) in [5.41, 5.74) is 2.25. The van der Waals surface area contributed by atoms with E-state index in [4.69, 9.17) is 9.52 Å². The van der Waals surface area contributed by atoms with E-state index in [0.29, 0.717) is 24.4 Å². The van der Waals surface area contributed by atoms with Crippen molar-refractivity contribution in [3.8, 4) is 0 Å². The smallest absolute Gasteiger partial charge is 0.224 e. The fourth-order valence-electron chi connectivity index (χ4n) is 1.99. The summed E-state index contributed by atoms with van der Waals surface area (Å²) >= 11 is 0. The second-order valence-electron chi connectivity index (χ2n) is 4.88. The lowest BCUT2D eigenvalue weighted by atomic mass is 10.2. The van der Waals surface area contributed by atoms with Crippen molar-refractivity contribution in [1.29, 1.82) is 0 Å². The fraction of sp³-hybridized carbons (Fsp3) is 0.429. The molecule has 0 saturated heterocycles. The van der Waals surface area contributed by atoms with Crippen LogP contribution in [0.15, 0.2) is 22.6 Å². The average Bonchev–Trinajstić information content (AvgIpc) is 3.16. The number of rotatable bonds is 5. The molecule has 1 fully saturated rings. The van der Waals surface area contributed by atoms with Crippen molar-refractivity contribution in [3.63, 3.8) is 0 Å². The minimum atomic E-state index is -0.0979. The summed E-state index contributed by atoms with van der Waals surface area (Å²) in [6.07, 6.45) is 3.10. The molecule has 5 nitrogen and oxygen atoms in total. The van der Waals surface area contributed by atoms with Crippen molar-refractivity contribution in [2.45, 2.75) is 31.6 Å². The SMILES string of the molecule is O=C(CCCO)Nc1ccc2oc(C3CC3)nc2c1. The number of aliphatic hydroxyl groups excluding tert-OH is 1. The Balaban J connectivity index is 1.75. The van der Waals surface area contributed by atoms with E-state index in [-0.39, 0.29) is 12.5 Å². The van der Waals surface area contributed by atoms with E-state index in [1.807, 2.05) is 12.1 Å². The van der Waals surface area contributed by atoms with Gasteiger partial charge >= 0.3 is 0 Å². The lowest BCUT2D eigenvalue weighted by molar-refractivity contribution is -0.116. The van der Waals surface area contributed by atoms with Crippen molar-refractivity contribution in [2.75, 3.05) is 11.9 Å². The summed E-state index contributed by atoms with van der Waals surface area (Å²) in [5.74, 6) is 1.19. The molecule has 0 aliphatic heterocycles. The molecule has 1 saturated carbocycles. The van der Waals surface area contributed by atoms with Crippen LogP contribution in [-0.2, 0) is 4.79 Å². The highest BCUT2D eigenvalue weighted by Crippen LogP contribution is 2.40. The van der Waals surface area contributed by atoms with Crippen LogP contribution >= 0.6 is 0 Å². The third-order valence-electron chi connectivity index (χ3n) is 3.18. The summed E-state index contributed by atoms with van der Waals surface area (Å²) in [6.45, 7) is 0.0283. The van der Waals surface area contributed by atoms with Crippen LogP contribution in [0.4, 0.5) is 5.69 Å². The second kappa shape index (κ2) is 5.01. The molecule has 1 aliphatic carbocycles. The molecule has 0 spiro atoms. The van der Waals surface area contributed by atoms with Crippen LogP contribution in [0.2, 0.25) is 0 Å². The zero-order valence-electron chi connectivity index (χ0n) is 10.6. The van der Waals surface area contributed by atoms with Gasteiger partial charge in [-0.1, -0.05) is 0 Å². The van der Waals surface area contributed by atoms with Gasteiger partial charge < -0.3 is 14.8 Å². The van der Waals surface area contributed by atoms with Crippen LogP contribution in [0.1, 0.15) is 37.5 Å². The third-order valence-corrected chi connectivity index (χ3v) is 3.18. The molecular weight excluding hydrogens is 244 g/mol. The zero-order chi connectivity index (χ0) is 13.2. The Morgan fingerprint density at radius 1 is 1.47 bits per heavy atom. The molecular formula is C14H16N2O3. The number of aromatic nitrogens is 1. The van der Waals surface area contributed by atoms with Crippen LogP contribution in [0.3, 0.4) is 0 Å². The van der Waals surface area contributed by atoms with Gasteiger partial charge in [0.15, 0.2) is 11.5 Å². The molecule has 1 aliphatic rings. The maximum atomic E-state index is 11.6. The maximum absolute atomic E-state index is 11.6. The summed E-state index contributed by atoms with van der Waals surface area (Å²) in [7, 11) is 0. The first-order chi connectivity index (χ1) is 9.26. The highest BCUT2D eigenvalue weighted by atomic mass is 16.3. The lowest BCUT2D eigenvalue weighted by Gasteiger charge is -2.03. The molecule has 2 N–H and O–H groups in total. The summed E-state index contributed by atoms with van der Waals surface area (Å²) in [6, 6.07) is 5.46. The zero-order valence-corrected chi connectivity index (χ0v) is 10.6. The number of oxazole rings is 1. The topological polar surface area (TPSA) is 75.4 Å². The quantitative estimate of drug-likeness (QED) is 0.865. The van der Waals surface area contributed by atoms with E-state index in [9.17, 15) is 4.79 Å². The van der Waals surface area contributed by atoms with Crippen LogP contribution in [0.25, 0.3) is 11.1 Å². The first kappa shape index (κ1) is 12.2. The molecule has 1 aromatic heterocycles. The fourth-order valence-corrected chi connectivity index (χ4v) is 1.99. The number of nitrogens with one attached hydrogen (secondary N) is 1. The van der Waals surface area contributed by atoms with Crippen LogP contribution in [0, 0.1) is 0 Å². The molecule has 1 amide bonds. The van der Waals surface area contributed by atoms with E-state index in [1.54, 1.807) is 6.07 Å². The number of hydrogen-bond acceptors (Lipinski definition) is 4. The Kier molecular flexibility index (Phi) is 3.21. The molecule has 0 unspecified atom stereocenters. The Hall–Kier alpha value is -1.88. The third kappa shape index (κ3) is 2.76. The number of amides is 1. The highest BCUT2D eigenvalue weighted by molar-refractivity contribution is 5.92. The van der Waals surface area contributed by atoms with Gasteiger partial charge in [0.05, 0.1) is 0 Å². The molecule has 3 rings (SSSR count). The van der Waals surface area contributed by atoms with Crippen molar-refractivity contribution >= 4 is 22.7 Å². The number of benzene rings is 1. The maximum Gasteiger partial charge on any atom is 0.224 e. The van der Waals surface area contributed by atoms with Gasteiger partial charge in [0, 0.05) is 24.6 Å². The van der Waals surface area contributed by atoms with Crippen molar-refractivity contribution in [2.24, 2.45) is 0 Å². The van der Waals surface area contributed by atoms with Gasteiger partial charge in [-0.2, -0.15) is 0 Å². The van der Waals surface area contributed by atoms with Gasteiger partial charge in [-0.3, -0.25) is 4.79 Å². The van der Waals surface area contributed by atoms with Gasteiger partial charge in [-0.15, -0.1) is 0 Å². The number of fused-ring (bicyclic) bond motifs is 1. The molecule has 0 atom stereocenters. The van der Waals surface area contributed by atoms with Crippen molar-refractivity contribution in [3.05, 3.63) is 24.1 Å². The molecule has 1 aromatic carbocycles. The Bertz CT molecular complexity index is 602. The standard InChI is InChI=1S/C14H16N2O3/c17-7-1-2-13(18)15-10-5-6-12-11(8-10)16-14(19-12)9-3-4-9/h5-6,8-9,17H,1-4,7H2,(H,15,18). The number of carbonyl (C=O) groups is 1. The number of nitrogens with zero attached hydrogens (tertiary/aromatic N) is 1. The highest BCUT2D eigenvalue weighted by Gasteiger charge is 2.28. The molecule has 0 radical (unpaired) electrons. The Labute approximate surface area is 110 Å². The predicted octanol–water partition coefficient (Wildman–Crippen LogP) is 2.42. The summed E-state index contributed by atoms with van der Waals surface area (Å²) in [5, 5.41) is 11.5. The monoisotopic (exact) mass is 260 g/mol. The lowest BCUT2D eigenvalue weighted by Crippen LogP contribution is -2.11. The first-order valence-corrected chi connectivity index (χ1v) is 6.57. The largest absolute Gasteiger partial charge is 0.440 e. The molecule has 0 bridgehead atoms. The summed E-state index contributed by atoms with van der Waals surface area (Å²) < 4.78 is 5.66. The van der Waals surface area contributed by atoms with E-state index >= 15 is 0 Å². The molecule has 2 aromatic rings. The second-order valence-corrected chi connectivity index (χ2v) is 4.88. The molecule has 5 heteroatoms. The van der Waals surface area contributed by atoms with Crippen molar-refractivity contribution in [1.82, 2.24) is 4.98 Å². The van der Waals surface area contributed by atoms with Gasteiger partial charge in [0.2, 0.25) is 5.91 Å². The molecule has 100 valence electrons. The van der Waals surface area contributed by atoms with E-state index in [2.05, 4.69) is 10.3 Å². The van der Waals surface area contributed by atoms with E-state index in [0.717, 1.165) is 29.8 Å². The van der Waals surface area contributed by atoms with Gasteiger partial charge in [-0.05, 0) is 37.5 Å². The van der Waals surface area contributed by atoms with Crippen LogP contribution in [-0.4, -0.2) is 22.6 Å². The first-order valence-electron chi connectivity index (χ1n) is 6.57. The molecule has 19 heavy (non-hydrogen) atoms. The van der Waals surface area contributed by atoms with Gasteiger partial charge in [0.25, 0.3) is 0 Å². The van der Waals surface area contributed by atoms with Crippen LogP contribution < -0.4 is 5.32 Å².